The Morgan fingerprint density at radius 2 is 2.24 bits per heavy atom. The van der Waals surface area contributed by atoms with E-state index in [-0.39, 0.29) is 18.1 Å². The minimum atomic E-state index is -0.0358. The summed E-state index contributed by atoms with van der Waals surface area (Å²) in [5, 5.41) is 3.10. The molecule has 1 amide bonds. The van der Waals surface area contributed by atoms with Crippen molar-refractivity contribution < 1.29 is 14.3 Å². The zero-order chi connectivity index (χ0) is 15.2. The lowest BCUT2D eigenvalue weighted by Crippen LogP contribution is -2.50. The first kappa shape index (κ1) is 16.0. The molecule has 0 aromatic heterocycles. The van der Waals surface area contributed by atoms with Crippen molar-refractivity contribution in [1.82, 2.24) is 5.32 Å². The maximum atomic E-state index is 12.3. The molecular formula is C17H25NO3. The van der Waals surface area contributed by atoms with Gasteiger partial charge in [-0.15, -0.1) is 0 Å². The highest BCUT2D eigenvalue weighted by Crippen LogP contribution is 2.14. The predicted octanol–water partition coefficient (Wildman–Crippen LogP) is 2.16. The number of benzene rings is 1. The molecule has 1 saturated heterocycles. The van der Waals surface area contributed by atoms with Crippen LogP contribution in [0.2, 0.25) is 0 Å². The summed E-state index contributed by atoms with van der Waals surface area (Å²) in [5.41, 5.74) is 3.43. The van der Waals surface area contributed by atoms with Crippen LogP contribution in [0.5, 0.6) is 0 Å². The van der Waals surface area contributed by atoms with Gasteiger partial charge in [-0.3, -0.25) is 4.79 Å². The highest BCUT2D eigenvalue weighted by atomic mass is 16.5. The van der Waals surface area contributed by atoms with Crippen LogP contribution in [-0.4, -0.2) is 37.9 Å². The van der Waals surface area contributed by atoms with Crippen LogP contribution in [0.3, 0.4) is 0 Å². The molecule has 0 bridgehead atoms. The van der Waals surface area contributed by atoms with Crippen molar-refractivity contribution in [2.24, 2.45) is 0 Å². The van der Waals surface area contributed by atoms with Gasteiger partial charge in [-0.1, -0.05) is 23.8 Å². The van der Waals surface area contributed by atoms with Crippen LogP contribution < -0.4 is 5.32 Å². The third kappa shape index (κ3) is 4.55. The smallest absolute Gasteiger partial charge is 0.224 e. The fourth-order valence-electron chi connectivity index (χ4n) is 2.68. The molecule has 1 aliphatic rings. The van der Waals surface area contributed by atoms with Gasteiger partial charge in [0.25, 0.3) is 0 Å². The summed E-state index contributed by atoms with van der Waals surface area (Å²) in [4.78, 5) is 12.3. The van der Waals surface area contributed by atoms with Gasteiger partial charge in [0.1, 0.15) is 6.10 Å². The molecular weight excluding hydrogens is 266 g/mol. The van der Waals surface area contributed by atoms with Crippen LogP contribution in [0.4, 0.5) is 0 Å². The number of nitrogens with one attached hydrogen (secondary N) is 1. The molecule has 0 unspecified atom stereocenters. The van der Waals surface area contributed by atoms with Crippen LogP contribution in [0.15, 0.2) is 18.2 Å². The second kappa shape index (κ2) is 7.57. The van der Waals surface area contributed by atoms with E-state index in [0.29, 0.717) is 26.2 Å². The van der Waals surface area contributed by atoms with Gasteiger partial charge in [0, 0.05) is 13.2 Å². The maximum Gasteiger partial charge on any atom is 0.224 e. The van der Waals surface area contributed by atoms with Crippen molar-refractivity contribution in [3.8, 4) is 0 Å². The van der Waals surface area contributed by atoms with E-state index in [9.17, 15) is 4.79 Å². The third-order valence-electron chi connectivity index (χ3n) is 3.89. The van der Waals surface area contributed by atoms with Gasteiger partial charge in [-0.2, -0.15) is 0 Å². The lowest BCUT2D eigenvalue weighted by atomic mass is 10.0. The number of carbonyl (C=O) groups is 1. The molecule has 4 heteroatoms. The Kier molecular flexibility index (Phi) is 5.76. The van der Waals surface area contributed by atoms with Gasteiger partial charge in [0.05, 0.1) is 19.1 Å². The molecule has 2 atom stereocenters. The van der Waals surface area contributed by atoms with E-state index in [0.717, 1.165) is 17.5 Å². The van der Waals surface area contributed by atoms with Crippen molar-refractivity contribution in [2.75, 3.05) is 19.8 Å². The number of hydrogen-bond acceptors (Lipinski definition) is 3. The third-order valence-corrected chi connectivity index (χ3v) is 3.89. The van der Waals surface area contributed by atoms with E-state index in [1.165, 1.54) is 5.56 Å². The molecule has 1 aliphatic heterocycles. The minimum Gasteiger partial charge on any atom is -0.379 e. The first-order valence-electron chi connectivity index (χ1n) is 7.65. The highest BCUT2D eigenvalue weighted by Gasteiger charge is 2.27. The van der Waals surface area contributed by atoms with E-state index in [1.54, 1.807) is 0 Å². The predicted molar refractivity (Wildman–Crippen MR) is 82.4 cm³/mol. The van der Waals surface area contributed by atoms with Gasteiger partial charge in [0.15, 0.2) is 0 Å². The number of ether oxygens (including phenoxy) is 2. The quantitative estimate of drug-likeness (QED) is 0.904. The van der Waals surface area contributed by atoms with E-state index in [4.69, 9.17) is 9.47 Å². The number of rotatable bonds is 5. The summed E-state index contributed by atoms with van der Waals surface area (Å²) >= 11 is 0. The molecule has 1 fully saturated rings. The Bertz CT molecular complexity index is 485. The normalized spacial score (nSPS) is 22.0. The molecule has 0 radical (unpaired) electrons. The van der Waals surface area contributed by atoms with E-state index >= 15 is 0 Å². The van der Waals surface area contributed by atoms with E-state index in [1.807, 2.05) is 20.8 Å². The summed E-state index contributed by atoms with van der Waals surface area (Å²) < 4.78 is 11.1. The lowest BCUT2D eigenvalue weighted by molar-refractivity contribution is -0.125. The summed E-state index contributed by atoms with van der Waals surface area (Å²) in [6.45, 7) is 7.92. The molecule has 0 saturated carbocycles. The molecule has 1 heterocycles. The van der Waals surface area contributed by atoms with Crippen molar-refractivity contribution >= 4 is 5.91 Å². The molecule has 0 spiro atoms. The van der Waals surface area contributed by atoms with Gasteiger partial charge >= 0.3 is 0 Å². The monoisotopic (exact) mass is 291 g/mol. The zero-order valence-electron chi connectivity index (χ0n) is 13.1. The van der Waals surface area contributed by atoms with Crippen LogP contribution in [0.1, 0.15) is 30.0 Å². The van der Waals surface area contributed by atoms with Gasteiger partial charge in [-0.05, 0) is 38.3 Å². The number of hydrogen-bond donors (Lipinski definition) is 1. The second-order valence-corrected chi connectivity index (χ2v) is 5.64. The Hall–Kier alpha value is -1.39. The topological polar surface area (TPSA) is 47.6 Å². The fraction of sp³-hybridized carbons (Fsp3) is 0.588. The number of carbonyl (C=O) groups excluding carboxylic acids is 1. The first-order valence-corrected chi connectivity index (χ1v) is 7.65. The average Bonchev–Trinajstić information content (AvgIpc) is 2.45. The van der Waals surface area contributed by atoms with Gasteiger partial charge in [-0.25, -0.2) is 0 Å². The van der Waals surface area contributed by atoms with Crippen molar-refractivity contribution in [3.63, 3.8) is 0 Å². The van der Waals surface area contributed by atoms with Crippen molar-refractivity contribution in [2.45, 2.75) is 45.8 Å². The zero-order valence-corrected chi connectivity index (χ0v) is 13.1. The molecule has 1 aromatic carbocycles. The Morgan fingerprint density at radius 1 is 1.43 bits per heavy atom. The molecule has 21 heavy (non-hydrogen) atoms. The first-order chi connectivity index (χ1) is 10.1. The Labute approximate surface area is 126 Å². The number of amides is 1. The van der Waals surface area contributed by atoms with E-state index < -0.39 is 0 Å². The van der Waals surface area contributed by atoms with Crippen LogP contribution in [-0.2, 0) is 20.7 Å². The average molecular weight is 291 g/mol. The SMILES string of the molecule is CCO[C@@H]1COCC[C@H]1NC(=O)Cc1cc(C)ccc1C. The molecule has 1 aromatic rings. The summed E-state index contributed by atoms with van der Waals surface area (Å²) in [7, 11) is 0. The summed E-state index contributed by atoms with van der Waals surface area (Å²) in [5.74, 6) is 0.0558. The fourth-order valence-corrected chi connectivity index (χ4v) is 2.68. The Morgan fingerprint density at radius 3 is 3.00 bits per heavy atom. The summed E-state index contributed by atoms with van der Waals surface area (Å²) in [6.07, 6.45) is 1.19. The lowest BCUT2D eigenvalue weighted by Gasteiger charge is -2.31. The van der Waals surface area contributed by atoms with Gasteiger partial charge in [0.2, 0.25) is 5.91 Å². The standard InChI is InChI=1S/C17H25NO3/c1-4-21-16-11-20-8-7-15(16)18-17(19)10-14-9-12(2)5-6-13(14)3/h5-6,9,15-16H,4,7-8,10-11H2,1-3H3,(H,18,19)/t15-,16-/m1/s1. The van der Waals surface area contributed by atoms with Crippen LogP contribution in [0.25, 0.3) is 0 Å². The van der Waals surface area contributed by atoms with E-state index in [2.05, 4.69) is 23.5 Å². The van der Waals surface area contributed by atoms with Gasteiger partial charge < -0.3 is 14.8 Å². The van der Waals surface area contributed by atoms with Crippen LogP contribution >= 0.6 is 0 Å². The maximum absolute atomic E-state index is 12.3. The Balaban J connectivity index is 1.95. The molecule has 116 valence electrons. The minimum absolute atomic E-state index is 0.0358. The van der Waals surface area contributed by atoms with Crippen molar-refractivity contribution in [3.05, 3.63) is 34.9 Å². The molecule has 2 rings (SSSR count). The molecule has 1 N–H and O–H groups in total. The summed E-state index contributed by atoms with van der Waals surface area (Å²) in [6, 6.07) is 6.27. The largest absolute Gasteiger partial charge is 0.379 e. The van der Waals surface area contributed by atoms with Crippen LogP contribution in [0, 0.1) is 13.8 Å². The molecule has 0 aliphatic carbocycles. The molecule has 4 nitrogen and oxygen atoms in total. The number of aryl methyl sites for hydroxylation is 2. The van der Waals surface area contributed by atoms with Crippen molar-refractivity contribution in [1.29, 1.82) is 0 Å². The second-order valence-electron chi connectivity index (χ2n) is 5.64. The highest BCUT2D eigenvalue weighted by molar-refractivity contribution is 5.79.